The van der Waals surface area contributed by atoms with Gasteiger partial charge in [0.1, 0.15) is 11.2 Å². The Kier molecular flexibility index (Phi) is 12.0. The van der Waals surface area contributed by atoms with E-state index in [1.54, 1.807) is 0 Å². The highest BCUT2D eigenvalue weighted by Gasteiger charge is 2.51. The van der Waals surface area contributed by atoms with Crippen LogP contribution in [-0.2, 0) is 5.41 Å². The molecule has 0 amide bonds. The lowest BCUT2D eigenvalue weighted by Crippen LogP contribution is -2.32. The molecule has 0 fully saturated rings. The van der Waals surface area contributed by atoms with Gasteiger partial charge in [-0.1, -0.05) is 236 Å². The molecule has 1 aliphatic carbocycles. The third kappa shape index (κ3) is 8.20. The fourth-order valence-electron chi connectivity index (χ4n) is 14.4. The van der Waals surface area contributed by atoms with Gasteiger partial charge in [-0.05, 0) is 163 Å². The lowest BCUT2D eigenvalue weighted by molar-refractivity contribution is 0.670. The molecule has 0 N–H and O–H groups in total. The van der Waals surface area contributed by atoms with Crippen molar-refractivity contribution in [3.63, 3.8) is 0 Å². The summed E-state index contributed by atoms with van der Waals surface area (Å²) in [5.74, 6) is 0. The summed E-state index contributed by atoms with van der Waals surface area (Å²) in [6.45, 7) is 0. The van der Waals surface area contributed by atoms with Crippen molar-refractivity contribution in [2.24, 2.45) is 0 Å². The summed E-state index contributed by atoms with van der Waals surface area (Å²) in [6, 6.07) is 113. The zero-order valence-electron chi connectivity index (χ0n) is 47.9. The highest BCUT2D eigenvalue weighted by Crippen LogP contribution is 2.64. The van der Waals surface area contributed by atoms with E-state index in [1.165, 1.54) is 74.8 Å². The van der Waals surface area contributed by atoms with Gasteiger partial charge in [0.2, 0.25) is 0 Å². The second kappa shape index (κ2) is 20.6. The van der Waals surface area contributed by atoms with Crippen LogP contribution in [0.4, 0.5) is 34.1 Å². The quantitative estimate of drug-likeness (QED) is 0.143. The third-order valence-corrected chi connectivity index (χ3v) is 20.9. The molecular weight excluding hydrogens is 1140 g/mol. The summed E-state index contributed by atoms with van der Waals surface area (Å²) in [6.07, 6.45) is 0. The second-order valence-corrected chi connectivity index (χ2v) is 25.8. The van der Waals surface area contributed by atoms with Crippen LogP contribution in [0.5, 0.6) is 0 Å². The number of para-hydroxylation sites is 2. The van der Waals surface area contributed by atoms with Crippen LogP contribution in [0.3, 0.4) is 0 Å². The van der Waals surface area contributed by atoms with Gasteiger partial charge >= 0.3 is 0 Å². The van der Waals surface area contributed by atoms with E-state index >= 15 is 0 Å². The van der Waals surface area contributed by atoms with Crippen molar-refractivity contribution >= 4 is 122 Å². The van der Waals surface area contributed by atoms with Crippen LogP contribution in [0.1, 0.15) is 22.3 Å². The van der Waals surface area contributed by atoms with E-state index < -0.39 is 5.41 Å². The Labute approximate surface area is 528 Å². The van der Waals surface area contributed by atoms with Crippen LogP contribution < -0.4 is 9.80 Å². The highest BCUT2D eigenvalue weighted by atomic mass is 35.5. The number of fused-ring (bicyclic) bond motifs is 16. The van der Waals surface area contributed by atoms with Gasteiger partial charge in [0.15, 0.2) is 0 Å². The van der Waals surface area contributed by atoms with Gasteiger partial charge in [0.05, 0.1) is 5.41 Å². The van der Waals surface area contributed by atoms with Crippen LogP contribution in [0.2, 0.25) is 5.02 Å². The number of anilines is 6. The molecule has 1 spiro atoms. The van der Waals surface area contributed by atoms with E-state index in [-0.39, 0.29) is 0 Å². The highest BCUT2D eigenvalue weighted by molar-refractivity contribution is 7.99. The molecule has 418 valence electrons. The van der Waals surface area contributed by atoms with Gasteiger partial charge in [0, 0.05) is 91.0 Å². The summed E-state index contributed by atoms with van der Waals surface area (Å²) in [5, 5.41) is 7.81. The summed E-state index contributed by atoms with van der Waals surface area (Å²) in [7, 11) is 0. The van der Waals surface area contributed by atoms with Crippen molar-refractivity contribution in [3.8, 4) is 44.5 Å². The number of hydrogen-bond acceptors (Lipinski definition) is 5. The number of rotatable bonds is 9. The van der Waals surface area contributed by atoms with Crippen LogP contribution in [0.15, 0.2) is 324 Å². The zero-order chi connectivity index (χ0) is 58.7. The molecule has 3 heterocycles. The van der Waals surface area contributed by atoms with E-state index in [9.17, 15) is 0 Å². The molecule has 0 bridgehead atoms. The van der Waals surface area contributed by atoms with Gasteiger partial charge in [0.25, 0.3) is 0 Å². The molecule has 0 saturated carbocycles. The molecular formula is C83H51ClN2OS2. The second-order valence-electron chi connectivity index (χ2n) is 23.2. The maximum absolute atomic E-state index is 7.46. The molecule has 6 heteroatoms. The minimum absolute atomic E-state index is 0.710. The minimum Gasteiger partial charge on any atom is -0.455 e. The monoisotopic (exact) mass is 1190 g/mol. The van der Waals surface area contributed by atoms with Crippen molar-refractivity contribution in [1.29, 1.82) is 0 Å². The van der Waals surface area contributed by atoms with Gasteiger partial charge < -0.3 is 14.2 Å². The van der Waals surface area contributed by atoms with Gasteiger partial charge in [-0.2, -0.15) is 0 Å². The largest absolute Gasteiger partial charge is 0.455 e. The Bertz CT molecular complexity index is 5500. The lowest BCUT2D eigenvalue weighted by Gasteiger charge is -2.41. The zero-order valence-corrected chi connectivity index (χ0v) is 50.3. The molecule has 1 atom stereocenters. The van der Waals surface area contributed by atoms with Gasteiger partial charge in [-0.3, -0.25) is 0 Å². The molecule has 2 aliphatic rings. The van der Waals surface area contributed by atoms with Crippen molar-refractivity contribution < 1.29 is 4.42 Å². The SMILES string of the molecule is Clc1cccc2c1-c1ccccc1C21c2ccc(N(c3ccccc3)c3cc(-c4ccccc4)c4c(c3)sc3ccccc34)cc2Sc2cc(N(c3ccc(-c4ccccc4)cc3)c3cc(-c4ccc5ccccc5c4)c4oc5ccccc5c4c3)ccc21. The Balaban J connectivity index is 0.873. The molecule has 1 unspecified atom stereocenters. The van der Waals surface area contributed by atoms with Crippen molar-refractivity contribution in [1.82, 2.24) is 0 Å². The average Bonchev–Trinajstić information content (AvgIpc) is 1.60. The maximum atomic E-state index is 7.46. The third-order valence-electron chi connectivity index (χ3n) is 18.3. The summed E-state index contributed by atoms with van der Waals surface area (Å²) >= 11 is 11.2. The van der Waals surface area contributed by atoms with E-state index in [2.05, 4.69) is 313 Å². The Hall–Kier alpha value is -10.4. The number of halogens is 1. The number of thiophene rings is 1. The fourth-order valence-corrected chi connectivity index (χ4v) is 17.1. The summed E-state index contributed by atoms with van der Waals surface area (Å²) < 4.78 is 9.42. The normalized spacial score (nSPS) is 13.9. The fraction of sp³-hybridized carbons (Fsp3) is 0.0120. The first-order valence-corrected chi connectivity index (χ1v) is 32.1. The lowest BCUT2D eigenvalue weighted by atomic mass is 9.67. The first-order chi connectivity index (χ1) is 44.0. The molecule has 0 saturated heterocycles. The predicted molar refractivity (Wildman–Crippen MR) is 376 cm³/mol. The average molecular weight is 1190 g/mol. The molecule has 89 heavy (non-hydrogen) atoms. The van der Waals surface area contributed by atoms with Crippen LogP contribution in [-0.4, -0.2) is 0 Å². The first kappa shape index (κ1) is 51.8. The Morgan fingerprint density at radius 3 is 1.66 bits per heavy atom. The number of hydrogen-bond donors (Lipinski definition) is 0. The number of furan rings is 1. The minimum atomic E-state index is -0.710. The van der Waals surface area contributed by atoms with E-state index in [0.717, 1.165) is 93.8 Å². The number of benzene rings is 14. The number of nitrogens with zero attached hydrogens (tertiary/aromatic N) is 2. The van der Waals surface area contributed by atoms with Crippen LogP contribution in [0, 0.1) is 0 Å². The molecule has 18 rings (SSSR count). The Morgan fingerprint density at radius 1 is 0.326 bits per heavy atom. The van der Waals surface area contributed by atoms with Crippen LogP contribution >= 0.6 is 34.7 Å². The summed E-state index contributed by atoms with van der Waals surface area (Å²) in [4.78, 5) is 7.23. The van der Waals surface area contributed by atoms with Crippen molar-refractivity contribution in [2.75, 3.05) is 9.80 Å². The molecule has 3 nitrogen and oxygen atoms in total. The van der Waals surface area contributed by atoms with Gasteiger partial charge in [-0.15, -0.1) is 11.3 Å². The Morgan fingerprint density at radius 2 is 0.899 bits per heavy atom. The van der Waals surface area contributed by atoms with Gasteiger partial charge in [-0.25, -0.2) is 0 Å². The van der Waals surface area contributed by atoms with Crippen LogP contribution in [0.25, 0.3) is 97.4 Å². The van der Waals surface area contributed by atoms with E-state index in [4.69, 9.17) is 16.0 Å². The summed E-state index contributed by atoms with van der Waals surface area (Å²) in [5.41, 5.74) is 21.3. The smallest absolute Gasteiger partial charge is 0.143 e. The first-order valence-electron chi connectivity index (χ1n) is 30.1. The molecule has 0 radical (unpaired) electrons. The molecule has 1 aliphatic heterocycles. The topological polar surface area (TPSA) is 19.6 Å². The molecule has 14 aromatic carbocycles. The maximum Gasteiger partial charge on any atom is 0.143 e. The van der Waals surface area contributed by atoms with Crippen molar-refractivity contribution in [2.45, 2.75) is 15.2 Å². The standard InChI is InChI=1S/C83H51ClN2OS2/c84-74-32-18-31-73-81(74)65-28-12-15-30-70(65)83(73)71-43-41-60(85(58-25-8-3-9-26-58)63-46-67(55-22-6-2-7-23-55)80-66-29-14-17-34-76(66)88-79(80)51-63)49-77(71)89-78-50-61(42-44-72(78)83)86(59-39-37-54(38-40-59)52-19-4-1-5-20-52)62-47-68(57-36-35-53-21-10-11-24-56(53)45-57)82-69(48-62)64-27-13-16-33-75(64)87-82/h1-51H. The van der Waals surface area contributed by atoms with E-state index in [1.807, 2.05) is 29.2 Å². The predicted octanol–water partition coefficient (Wildman–Crippen LogP) is 24.5. The van der Waals surface area contributed by atoms with E-state index in [0.29, 0.717) is 0 Å². The van der Waals surface area contributed by atoms with Crippen molar-refractivity contribution in [3.05, 3.63) is 337 Å². The molecule has 2 aromatic heterocycles. The molecule has 16 aromatic rings.